The summed E-state index contributed by atoms with van der Waals surface area (Å²) >= 11 is 0. The third kappa shape index (κ3) is 6.08. The summed E-state index contributed by atoms with van der Waals surface area (Å²) in [4.78, 5) is 1.63. The van der Waals surface area contributed by atoms with E-state index in [2.05, 4.69) is 31.2 Å². The molecule has 3 rings (SSSR count). The highest BCUT2D eigenvalue weighted by Gasteiger charge is 2.28. The largest absolute Gasteiger partial charge is 0.494 e. The van der Waals surface area contributed by atoms with Crippen molar-refractivity contribution in [1.82, 2.24) is 0 Å². The Balaban J connectivity index is 1.73. The van der Waals surface area contributed by atoms with Gasteiger partial charge in [-0.1, -0.05) is 55.8 Å². The lowest BCUT2D eigenvalue weighted by molar-refractivity contribution is -0.901. The van der Waals surface area contributed by atoms with Crippen LogP contribution in [-0.2, 0) is 0 Å². The molecule has 0 bridgehead atoms. The molecule has 0 amide bonds. The number of hydrogen-bond acceptors (Lipinski definition) is 2. The number of quaternary nitrogens is 1. The molecule has 2 N–H and O–H groups in total. The Morgan fingerprint density at radius 2 is 1.57 bits per heavy atom. The number of aliphatic hydroxyl groups excluding tert-OH is 1. The Morgan fingerprint density at radius 3 is 2.21 bits per heavy atom. The van der Waals surface area contributed by atoms with Crippen LogP contribution in [0.4, 0.5) is 0 Å². The van der Waals surface area contributed by atoms with Crippen LogP contribution in [-0.4, -0.2) is 31.3 Å². The number of rotatable bonds is 9. The highest BCUT2D eigenvalue weighted by atomic mass is 16.5. The molecule has 0 saturated carbocycles. The van der Waals surface area contributed by atoms with E-state index in [0.29, 0.717) is 0 Å². The average molecular weight is 383 g/mol. The zero-order valence-electron chi connectivity index (χ0n) is 17.3. The molecule has 1 aliphatic heterocycles. The van der Waals surface area contributed by atoms with Crippen molar-refractivity contribution >= 4 is 0 Å². The molecule has 152 valence electrons. The van der Waals surface area contributed by atoms with E-state index in [9.17, 15) is 5.11 Å². The first-order valence-electron chi connectivity index (χ1n) is 11.1. The quantitative estimate of drug-likeness (QED) is 0.639. The average Bonchev–Trinajstić information content (AvgIpc) is 3.02. The van der Waals surface area contributed by atoms with Crippen molar-refractivity contribution in [1.29, 1.82) is 0 Å². The normalized spacial score (nSPS) is 17.6. The molecule has 2 atom stereocenters. The van der Waals surface area contributed by atoms with E-state index in [1.807, 2.05) is 30.3 Å². The molecule has 3 nitrogen and oxygen atoms in total. The van der Waals surface area contributed by atoms with Gasteiger partial charge in [0.15, 0.2) is 0 Å². The van der Waals surface area contributed by atoms with Crippen LogP contribution in [0.25, 0.3) is 0 Å². The van der Waals surface area contributed by atoms with Gasteiger partial charge in [-0.3, -0.25) is 0 Å². The first-order chi connectivity index (χ1) is 13.8. The molecule has 1 aliphatic rings. The van der Waals surface area contributed by atoms with Crippen LogP contribution in [0.1, 0.15) is 68.6 Å². The SMILES string of the molecule is CCCCOc1ccc([C@@H](O)[C@@H](C[NH+]2CCCCCC2)c2ccccc2)cc1. The van der Waals surface area contributed by atoms with E-state index in [4.69, 9.17) is 4.74 Å². The zero-order valence-corrected chi connectivity index (χ0v) is 17.3. The van der Waals surface area contributed by atoms with Crippen molar-refractivity contribution < 1.29 is 14.7 Å². The van der Waals surface area contributed by atoms with E-state index in [0.717, 1.165) is 37.3 Å². The Kier molecular flexibility index (Phi) is 8.38. The minimum Gasteiger partial charge on any atom is -0.494 e. The molecular weight excluding hydrogens is 346 g/mol. The highest BCUT2D eigenvalue weighted by Crippen LogP contribution is 2.31. The molecule has 2 aromatic rings. The van der Waals surface area contributed by atoms with Gasteiger partial charge in [-0.15, -0.1) is 0 Å². The monoisotopic (exact) mass is 382 g/mol. The van der Waals surface area contributed by atoms with Gasteiger partial charge in [-0.2, -0.15) is 0 Å². The second-order valence-electron chi connectivity index (χ2n) is 8.10. The van der Waals surface area contributed by atoms with Gasteiger partial charge in [0, 0.05) is 0 Å². The Labute approximate surface area is 170 Å². The predicted molar refractivity (Wildman–Crippen MR) is 115 cm³/mol. The lowest BCUT2D eigenvalue weighted by Gasteiger charge is -2.28. The van der Waals surface area contributed by atoms with E-state index in [1.54, 1.807) is 4.90 Å². The van der Waals surface area contributed by atoms with Gasteiger partial charge < -0.3 is 14.7 Å². The molecule has 0 aromatic heterocycles. The number of aliphatic hydroxyl groups is 1. The first-order valence-corrected chi connectivity index (χ1v) is 11.1. The number of ether oxygens (including phenoxy) is 1. The van der Waals surface area contributed by atoms with Gasteiger partial charge >= 0.3 is 0 Å². The summed E-state index contributed by atoms with van der Waals surface area (Å²) in [7, 11) is 0. The van der Waals surface area contributed by atoms with Crippen LogP contribution < -0.4 is 9.64 Å². The summed E-state index contributed by atoms with van der Waals surface area (Å²) in [5.41, 5.74) is 2.21. The maximum Gasteiger partial charge on any atom is 0.119 e. The summed E-state index contributed by atoms with van der Waals surface area (Å²) in [5, 5.41) is 11.3. The molecular formula is C25H36NO2+. The lowest BCUT2D eigenvalue weighted by Crippen LogP contribution is -3.12. The molecule has 1 heterocycles. The Morgan fingerprint density at radius 1 is 0.893 bits per heavy atom. The van der Waals surface area contributed by atoms with E-state index in [-0.39, 0.29) is 5.92 Å². The third-order valence-electron chi connectivity index (χ3n) is 5.92. The number of likely N-dealkylation sites (tertiary alicyclic amines) is 1. The van der Waals surface area contributed by atoms with Crippen LogP contribution in [0.5, 0.6) is 5.75 Å². The fourth-order valence-electron chi connectivity index (χ4n) is 4.18. The van der Waals surface area contributed by atoms with Crippen LogP contribution in [0.2, 0.25) is 0 Å². The molecule has 0 unspecified atom stereocenters. The molecule has 3 heteroatoms. The van der Waals surface area contributed by atoms with Gasteiger partial charge in [0.1, 0.15) is 5.75 Å². The second kappa shape index (κ2) is 11.2. The fraction of sp³-hybridized carbons (Fsp3) is 0.520. The first kappa shape index (κ1) is 20.9. The number of benzene rings is 2. The highest BCUT2D eigenvalue weighted by molar-refractivity contribution is 5.31. The molecule has 1 fully saturated rings. The molecule has 1 saturated heterocycles. The summed E-state index contributed by atoms with van der Waals surface area (Å²) in [6, 6.07) is 18.6. The standard InChI is InChI=1S/C25H35NO2/c1-2-3-19-28-23-15-13-22(14-16-23)25(27)24(21-11-7-6-8-12-21)20-26-17-9-4-5-10-18-26/h6-8,11-16,24-25,27H,2-5,9-10,17-20H2,1H3/p+1/t24-,25+/m0/s1. The van der Waals surface area contributed by atoms with Crippen molar-refractivity contribution in [2.75, 3.05) is 26.2 Å². The van der Waals surface area contributed by atoms with Crippen LogP contribution >= 0.6 is 0 Å². The van der Waals surface area contributed by atoms with E-state index < -0.39 is 6.10 Å². The maximum atomic E-state index is 11.3. The van der Waals surface area contributed by atoms with Gasteiger partial charge in [0.2, 0.25) is 0 Å². The van der Waals surface area contributed by atoms with E-state index in [1.165, 1.54) is 44.3 Å². The van der Waals surface area contributed by atoms with Crippen LogP contribution in [0.15, 0.2) is 54.6 Å². The molecule has 0 radical (unpaired) electrons. The molecule has 0 spiro atoms. The maximum absolute atomic E-state index is 11.3. The van der Waals surface area contributed by atoms with Crippen LogP contribution in [0.3, 0.4) is 0 Å². The lowest BCUT2D eigenvalue weighted by atomic mass is 9.88. The van der Waals surface area contributed by atoms with Crippen molar-refractivity contribution in [3.63, 3.8) is 0 Å². The Bertz CT molecular complexity index is 663. The van der Waals surface area contributed by atoms with E-state index >= 15 is 0 Å². The smallest absolute Gasteiger partial charge is 0.119 e. The van der Waals surface area contributed by atoms with Crippen molar-refractivity contribution in [3.05, 3.63) is 65.7 Å². The molecule has 0 aliphatic carbocycles. The topological polar surface area (TPSA) is 33.9 Å². The van der Waals surface area contributed by atoms with Crippen molar-refractivity contribution in [2.45, 2.75) is 57.5 Å². The van der Waals surface area contributed by atoms with Gasteiger partial charge in [-0.25, -0.2) is 0 Å². The van der Waals surface area contributed by atoms with Gasteiger partial charge in [0.25, 0.3) is 0 Å². The van der Waals surface area contributed by atoms with Crippen molar-refractivity contribution in [2.24, 2.45) is 0 Å². The molecule has 2 aromatic carbocycles. The summed E-state index contributed by atoms with van der Waals surface area (Å²) in [6.07, 6.45) is 7.01. The summed E-state index contributed by atoms with van der Waals surface area (Å²) < 4.78 is 5.78. The number of unbranched alkanes of at least 4 members (excludes halogenated alkanes) is 1. The number of hydrogen-bond donors (Lipinski definition) is 2. The van der Waals surface area contributed by atoms with Gasteiger partial charge in [0.05, 0.1) is 38.3 Å². The molecule has 28 heavy (non-hydrogen) atoms. The minimum atomic E-state index is -0.497. The summed E-state index contributed by atoms with van der Waals surface area (Å²) in [5.74, 6) is 1.000. The van der Waals surface area contributed by atoms with Crippen LogP contribution in [0, 0.1) is 0 Å². The zero-order chi connectivity index (χ0) is 19.6. The number of nitrogens with one attached hydrogen (secondary N) is 1. The fourth-order valence-corrected chi connectivity index (χ4v) is 4.18. The van der Waals surface area contributed by atoms with Crippen molar-refractivity contribution in [3.8, 4) is 5.75 Å². The van der Waals surface area contributed by atoms with Gasteiger partial charge in [-0.05, 0) is 55.4 Å². The minimum absolute atomic E-state index is 0.112. The third-order valence-corrected chi connectivity index (χ3v) is 5.92. The second-order valence-corrected chi connectivity index (χ2v) is 8.10. The predicted octanol–water partition coefficient (Wildman–Crippen LogP) is 4.14. The Hall–Kier alpha value is -1.84. The summed E-state index contributed by atoms with van der Waals surface area (Å²) in [6.45, 7) is 6.35.